The molecule has 0 saturated carbocycles. The minimum absolute atomic E-state index is 0.0814. The van der Waals surface area contributed by atoms with Gasteiger partial charge in [0.05, 0.1) is 4.90 Å². The number of aryl methyl sites for hydroxylation is 1. The van der Waals surface area contributed by atoms with Crippen LogP contribution in [0.15, 0.2) is 89.8 Å². The number of benzene rings is 3. The summed E-state index contributed by atoms with van der Waals surface area (Å²) >= 11 is 0. The van der Waals surface area contributed by atoms with Crippen LogP contribution in [0.3, 0.4) is 0 Å². The van der Waals surface area contributed by atoms with Gasteiger partial charge in [-0.2, -0.15) is 4.31 Å². The Morgan fingerprint density at radius 2 is 1.56 bits per heavy atom. The number of amides is 1. The average molecular weight is 507 g/mol. The summed E-state index contributed by atoms with van der Waals surface area (Å²) in [6.45, 7) is 2.06. The van der Waals surface area contributed by atoms with Crippen molar-refractivity contribution in [3.63, 3.8) is 0 Å². The zero-order valence-electron chi connectivity index (χ0n) is 20.2. The van der Waals surface area contributed by atoms with E-state index in [1.54, 1.807) is 31.2 Å². The molecule has 1 saturated heterocycles. The van der Waals surface area contributed by atoms with Crippen LogP contribution in [0.2, 0.25) is 0 Å². The summed E-state index contributed by atoms with van der Waals surface area (Å²) < 4.78 is 33.6. The van der Waals surface area contributed by atoms with Crippen molar-refractivity contribution in [1.29, 1.82) is 0 Å². The molecule has 0 aromatic heterocycles. The lowest BCUT2D eigenvalue weighted by atomic mass is 10.1. The van der Waals surface area contributed by atoms with Crippen molar-refractivity contribution in [2.45, 2.75) is 49.8 Å². The fourth-order valence-corrected chi connectivity index (χ4v) is 6.29. The van der Waals surface area contributed by atoms with Crippen LogP contribution in [0.1, 0.15) is 29.5 Å². The molecule has 0 spiro atoms. The predicted octanol–water partition coefficient (Wildman–Crippen LogP) is 3.62. The normalized spacial score (nSPS) is 16.9. The van der Waals surface area contributed by atoms with Gasteiger partial charge in [-0.25, -0.2) is 13.2 Å². The molecule has 1 fully saturated rings. The number of nitrogens with zero attached hydrogens (tertiary/aromatic N) is 1. The third-order valence-electron chi connectivity index (χ3n) is 6.29. The Balaban J connectivity index is 1.51. The summed E-state index contributed by atoms with van der Waals surface area (Å²) in [6, 6.07) is 23.5. The number of carbonyl (C=O) groups is 2. The number of hydrogen-bond acceptors (Lipinski definition) is 5. The zero-order chi connectivity index (χ0) is 25.5. The van der Waals surface area contributed by atoms with Crippen LogP contribution in [-0.2, 0) is 37.4 Å². The first-order chi connectivity index (χ1) is 17.4. The van der Waals surface area contributed by atoms with Gasteiger partial charge in [-0.1, -0.05) is 78.9 Å². The van der Waals surface area contributed by atoms with Crippen LogP contribution in [0.4, 0.5) is 0 Å². The van der Waals surface area contributed by atoms with Crippen molar-refractivity contribution >= 4 is 21.9 Å². The molecule has 0 aliphatic carbocycles. The lowest BCUT2D eigenvalue weighted by Gasteiger charge is -2.26. The first-order valence-corrected chi connectivity index (χ1v) is 13.4. The highest BCUT2D eigenvalue weighted by Crippen LogP contribution is 2.28. The monoisotopic (exact) mass is 506 g/mol. The predicted molar refractivity (Wildman–Crippen MR) is 136 cm³/mol. The van der Waals surface area contributed by atoms with Gasteiger partial charge in [0, 0.05) is 13.0 Å². The van der Waals surface area contributed by atoms with E-state index in [9.17, 15) is 18.0 Å². The molecule has 0 radical (unpaired) electrons. The topological polar surface area (TPSA) is 92.8 Å². The number of nitrogens with one attached hydrogen (secondary N) is 1. The first-order valence-electron chi connectivity index (χ1n) is 12.0. The molecule has 0 bridgehead atoms. The molecule has 3 aromatic rings. The second kappa shape index (κ2) is 11.5. The Hall–Kier alpha value is -3.49. The molecular formula is C28H30N2O5S. The standard InChI is InChI=1S/C28H30N2O5S/c1-21-11-8-9-17-26(21)36(33,34)30-18-10-16-25(30)27(31)29-24(19-22-12-4-2-5-13-22)28(32)35-20-23-14-6-3-7-15-23/h2-9,11-15,17,24-25H,10,16,18-20H2,1H3,(H,29,31)/t24-,25-/m0/s1. The SMILES string of the molecule is Cc1ccccc1S(=O)(=O)N1CCC[C@H]1C(=O)N[C@@H](Cc1ccccc1)C(=O)OCc1ccccc1. The largest absolute Gasteiger partial charge is 0.459 e. The van der Waals surface area contributed by atoms with Gasteiger partial charge in [0.15, 0.2) is 0 Å². The van der Waals surface area contributed by atoms with Gasteiger partial charge in [-0.15, -0.1) is 0 Å². The maximum absolute atomic E-state index is 13.4. The molecule has 36 heavy (non-hydrogen) atoms. The van der Waals surface area contributed by atoms with Crippen molar-refractivity contribution in [1.82, 2.24) is 9.62 Å². The van der Waals surface area contributed by atoms with Gasteiger partial charge in [0.25, 0.3) is 0 Å². The summed E-state index contributed by atoms with van der Waals surface area (Å²) in [6.07, 6.45) is 1.18. The molecule has 1 N–H and O–H groups in total. The molecule has 8 heteroatoms. The van der Waals surface area contributed by atoms with Gasteiger partial charge in [0.1, 0.15) is 18.7 Å². The van der Waals surface area contributed by atoms with Gasteiger partial charge in [0.2, 0.25) is 15.9 Å². The minimum Gasteiger partial charge on any atom is -0.459 e. The van der Waals surface area contributed by atoms with Crippen molar-refractivity contribution in [2.75, 3.05) is 6.54 Å². The van der Waals surface area contributed by atoms with E-state index in [2.05, 4.69) is 5.32 Å². The first kappa shape index (κ1) is 25.6. The molecule has 4 rings (SSSR count). The smallest absolute Gasteiger partial charge is 0.329 e. The Kier molecular flexibility index (Phi) is 8.18. The van der Waals surface area contributed by atoms with Crippen molar-refractivity contribution < 1.29 is 22.7 Å². The second-order valence-corrected chi connectivity index (χ2v) is 10.7. The van der Waals surface area contributed by atoms with Crippen LogP contribution in [-0.4, -0.2) is 43.2 Å². The van der Waals surface area contributed by atoms with E-state index in [-0.39, 0.29) is 24.5 Å². The number of carbonyl (C=O) groups excluding carboxylic acids is 2. The molecule has 2 atom stereocenters. The van der Waals surface area contributed by atoms with Crippen LogP contribution < -0.4 is 5.32 Å². The minimum atomic E-state index is -3.87. The van der Waals surface area contributed by atoms with Crippen LogP contribution >= 0.6 is 0 Å². The molecule has 1 amide bonds. The average Bonchev–Trinajstić information content (AvgIpc) is 3.40. The summed E-state index contributed by atoms with van der Waals surface area (Å²) in [5.74, 6) is -1.07. The van der Waals surface area contributed by atoms with Gasteiger partial charge in [-0.05, 0) is 42.5 Å². The van der Waals surface area contributed by atoms with E-state index in [0.29, 0.717) is 18.4 Å². The Labute approximate surface area is 212 Å². The number of esters is 1. The van der Waals surface area contributed by atoms with E-state index in [1.165, 1.54) is 4.31 Å². The fourth-order valence-electron chi connectivity index (χ4n) is 4.40. The van der Waals surface area contributed by atoms with Crippen LogP contribution in [0.25, 0.3) is 0 Å². The van der Waals surface area contributed by atoms with Gasteiger partial charge >= 0.3 is 5.97 Å². The van der Waals surface area contributed by atoms with Crippen molar-refractivity contribution in [3.8, 4) is 0 Å². The van der Waals surface area contributed by atoms with E-state index < -0.39 is 34.0 Å². The molecule has 188 valence electrons. The van der Waals surface area contributed by atoms with Crippen LogP contribution in [0.5, 0.6) is 0 Å². The molecule has 1 aliphatic heterocycles. The van der Waals surface area contributed by atoms with Crippen LogP contribution in [0, 0.1) is 6.92 Å². The van der Waals surface area contributed by atoms with Crippen molar-refractivity contribution in [2.24, 2.45) is 0 Å². The molecule has 7 nitrogen and oxygen atoms in total. The number of hydrogen-bond donors (Lipinski definition) is 1. The lowest BCUT2D eigenvalue weighted by molar-refractivity contribution is -0.149. The molecule has 1 aliphatic rings. The number of rotatable bonds is 9. The summed E-state index contributed by atoms with van der Waals surface area (Å²) in [5, 5.41) is 2.79. The third-order valence-corrected chi connectivity index (χ3v) is 8.36. The number of ether oxygens (including phenoxy) is 1. The lowest BCUT2D eigenvalue weighted by Crippen LogP contribution is -2.51. The Morgan fingerprint density at radius 1 is 0.944 bits per heavy atom. The molecule has 3 aromatic carbocycles. The quantitative estimate of drug-likeness (QED) is 0.448. The van der Waals surface area contributed by atoms with E-state index in [4.69, 9.17) is 4.74 Å². The van der Waals surface area contributed by atoms with E-state index in [1.807, 2.05) is 60.7 Å². The number of sulfonamides is 1. The highest BCUT2D eigenvalue weighted by atomic mass is 32.2. The summed E-state index contributed by atoms with van der Waals surface area (Å²) in [7, 11) is -3.87. The van der Waals surface area contributed by atoms with E-state index in [0.717, 1.165) is 11.1 Å². The van der Waals surface area contributed by atoms with E-state index >= 15 is 0 Å². The molecule has 0 unspecified atom stereocenters. The second-order valence-electron chi connectivity index (χ2n) is 8.88. The fraction of sp³-hybridized carbons (Fsp3) is 0.286. The Morgan fingerprint density at radius 3 is 2.22 bits per heavy atom. The van der Waals surface area contributed by atoms with Gasteiger partial charge in [-0.3, -0.25) is 4.79 Å². The van der Waals surface area contributed by atoms with Crippen molar-refractivity contribution in [3.05, 3.63) is 102 Å². The summed E-state index contributed by atoms with van der Waals surface area (Å²) in [5.41, 5.74) is 2.31. The highest BCUT2D eigenvalue weighted by molar-refractivity contribution is 7.89. The summed E-state index contributed by atoms with van der Waals surface area (Å²) in [4.78, 5) is 26.6. The maximum atomic E-state index is 13.4. The maximum Gasteiger partial charge on any atom is 0.329 e. The molecular weight excluding hydrogens is 476 g/mol. The van der Waals surface area contributed by atoms with Gasteiger partial charge < -0.3 is 10.1 Å². The third kappa shape index (κ3) is 6.01. The Bertz CT molecular complexity index is 1300. The molecule has 1 heterocycles. The zero-order valence-corrected chi connectivity index (χ0v) is 21.0. The highest BCUT2D eigenvalue weighted by Gasteiger charge is 2.41.